The highest BCUT2D eigenvalue weighted by atomic mass is 32.2. The van der Waals surface area contributed by atoms with Crippen molar-refractivity contribution >= 4 is 21.8 Å². The number of para-hydroxylation sites is 1. The molecule has 0 saturated carbocycles. The molecule has 0 aromatic heterocycles. The molecule has 4 nitrogen and oxygen atoms in total. The van der Waals surface area contributed by atoms with Crippen molar-refractivity contribution in [3.8, 4) is 0 Å². The molecule has 0 fully saturated rings. The second-order valence-corrected chi connectivity index (χ2v) is 6.02. The van der Waals surface area contributed by atoms with E-state index in [2.05, 4.69) is 0 Å². The molecule has 0 aliphatic carbocycles. The fourth-order valence-corrected chi connectivity index (χ4v) is 3.01. The third-order valence-corrected chi connectivity index (χ3v) is 4.16. The average molecular weight is 252 g/mol. The molecule has 2 rings (SSSR count). The fraction of sp³-hybridized carbons (Fsp3) is 0.333. The Labute approximate surface area is 102 Å². The third kappa shape index (κ3) is 2.50. The first-order chi connectivity index (χ1) is 8.00. The van der Waals surface area contributed by atoms with Gasteiger partial charge in [0, 0.05) is 13.1 Å². The lowest BCUT2D eigenvalue weighted by molar-refractivity contribution is 0.419. The van der Waals surface area contributed by atoms with Crippen LogP contribution < -0.4 is 4.31 Å². The quantitative estimate of drug-likeness (QED) is 0.815. The lowest BCUT2D eigenvalue weighted by Gasteiger charge is -2.28. The van der Waals surface area contributed by atoms with Gasteiger partial charge in [0.15, 0.2) is 0 Å². The third-order valence-electron chi connectivity index (χ3n) is 2.68. The lowest BCUT2D eigenvalue weighted by Crippen LogP contribution is -2.37. The van der Waals surface area contributed by atoms with Gasteiger partial charge >= 0.3 is 0 Å². The van der Waals surface area contributed by atoms with Crippen LogP contribution in [0.4, 0.5) is 5.69 Å². The molecule has 1 aromatic carbocycles. The van der Waals surface area contributed by atoms with Crippen LogP contribution in [0, 0.1) is 0 Å². The van der Waals surface area contributed by atoms with Crippen molar-refractivity contribution in [3.63, 3.8) is 0 Å². The molecule has 1 aliphatic rings. The largest absolute Gasteiger partial charge is 0.308 e. The van der Waals surface area contributed by atoms with E-state index in [4.69, 9.17) is 0 Å². The molecule has 0 atom stereocenters. The SMILES string of the molecule is CN(C)CCN1c2ccccc2C=CS1(=O)=O. The standard InChI is InChI=1S/C12H16N2O2S/c1-13(2)8-9-14-12-6-4-3-5-11(12)7-10-17(14,15)16/h3-7,10H,8-9H2,1-2H3. The first kappa shape index (κ1) is 12.1. The Bertz CT molecular complexity index is 535. The molecule has 92 valence electrons. The van der Waals surface area contributed by atoms with Crippen molar-refractivity contribution in [1.29, 1.82) is 0 Å². The molecule has 0 radical (unpaired) electrons. The Morgan fingerprint density at radius 2 is 1.94 bits per heavy atom. The number of fused-ring (bicyclic) bond motifs is 1. The van der Waals surface area contributed by atoms with Crippen molar-refractivity contribution in [2.24, 2.45) is 0 Å². The van der Waals surface area contributed by atoms with Crippen LogP contribution in [0.3, 0.4) is 0 Å². The Kier molecular flexibility index (Phi) is 3.22. The van der Waals surface area contributed by atoms with Gasteiger partial charge in [0.1, 0.15) is 0 Å². The highest BCUT2D eigenvalue weighted by Crippen LogP contribution is 2.29. The van der Waals surface area contributed by atoms with Crippen molar-refractivity contribution < 1.29 is 8.42 Å². The Morgan fingerprint density at radius 3 is 2.65 bits per heavy atom. The molecule has 0 spiro atoms. The molecule has 0 unspecified atom stereocenters. The summed E-state index contributed by atoms with van der Waals surface area (Å²) in [6.45, 7) is 1.16. The van der Waals surface area contributed by atoms with Gasteiger partial charge in [0.25, 0.3) is 10.0 Å². The smallest absolute Gasteiger partial charge is 0.257 e. The van der Waals surface area contributed by atoms with Gasteiger partial charge in [0.2, 0.25) is 0 Å². The summed E-state index contributed by atoms with van der Waals surface area (Å²) in [5.41, 5.74) is 1.71. The Morgan fingerprint density at radius 1 is 1.24 bits per heavy atom. The Hall–Kier alpha value is -1.33. The number of hydrogen-bond acceptors (Lipinski definition) is 3. The van der Waals surface area contributed by atoms with E-state index in [1.807, 2.05) is 43.3 Å². The molecule has 1 aromatic rings. The number of benzene rings is 1. The van der Waals surface area contributed by atoms with E-state index in [1.165, 1.54) is 9.71 Å². The van der Waals surface area contributed by atoms with Crippen LogP contribution in [0.5, 0.6) is 0 Å². The second-order valence-electron chi connectivity index (χ2n) is 4.28. The molecular formula is C12H16N2O2S. The van der Waals surface area contributed by atoms with Gasteiger partial charge in [-0.05, 0) is 31.8 Å². The van der Waals surface area contributed by atoms with Crippen LogP contribution in [0.15, 0.2) is 29.7 Å². The van der Waals surface area contributed by atoms with Crippen LogP contribution in [0.1, 0.15) is 5.56 Å². The summed E-state index contributed by atoms with van der Waals surface area (Å²) in [4.78, 5) is 1.97. The van der Waals surface area contributed by atoms with Crippen molar-refractivity contribution in [1.82, 2.24) is 4.90 Å². The maximum absolute atomic E-state index is 12.0. The average Bonchev–Trinajstić information content (AvgIpc) is 2.27. The zero-order chi connectivity index (χ0) is 12.5. The van der Waals surface area contributed by atoms with Crippen LogP contribution in [-0.4, -0.2) is 40.5 Å². The summed E-state index contributed by atoms with van der Waals surface area (Å²) in [6.07, 6.45) is 1.65. The number of likely N-dealkylation sites (N-methyl/N-ethyl adjacent to an activating group) is 1. The van der Waals surface area contributed by atoms with Gasteiger partial charge in [-0.25, -0.2) is 8.42 Å². The summed E-state index contributed by atoms with van der Waals surface area (Å²) in [6, 6.07) is 7.52. The minimum Gasteiger partial charge on any atom is -0.308 e. The van der Waals surface area contributed by atoms with Crippen molar-refractivity contribution in [2.75, 3.05) is 31.5 Å². The van der Waals surface area contributed by atoms with E-state index in [1.54, 1.807) is 6.08 Å². The summed E-state index contributed by atoms with van der Waals surface area (Å²) in [5.74, 6) is 0. The number of nitrogens with zero attached hydrogens (tertiary/aromatic N) is 2. The van der Waals surface area contributed by atoms with E-state index < -0.39 is 10.0 Å². The van der Waals surface area contributed by atoms with E-state index in [-0.39, 0.29) is 0 Å². The molecule has 0 amide bonds. The van der Waals surface area contributed by atoms with Crippen LogP contribution in [0.25, 0.3) is 6.08 Å². The molecular weight excluding hydrogens is 236 g/mol. The summed E-state index contributed by atoms with van der Waals surface area (Å²) < 4.78 is 25.4. The van der Waals surface area contributed by atoms with Gasteiger partial charge < -0.3 is 4.90 Å². The number of rotatable bonds is 3. The van der Waals surface area contributed by atoms with E-state index in [0.717, 1.165) is 11.3 Å². The molecule has 0 N–H and O–H groups in total. The van der Waals surface area contributed by atoms with Gasteiger partial charge in [-0.15, -0.1) is 0 Å². The van der Waals surface area contributed by atoms with Crippen molar-refractivity contribution in [2.45, 2.75) is 0 Å². The zero-order valence-corrected chi connectivity index (χ0v) is 10.8. The number of sulfonamides is 1. The molecule has 17 heavy (non-hydrogen) atoms. The van der Waals surface area contributed by atoms with Crippen LogP contribution in [-0.2, 0) is 10.0 Å². The topological polar surface area (TPSA) is 40.6 Å². The van der Waals surface area contributed by atoms with Crippen LogP contribution in [0.2, 0.25) is 0 Å². The van der Waals surface area contributed by atoms with Crippen LogP contribution >= 0.6 is 0 Å². The normalized spacial score (nSPS) is 17.2. The minimum absolute atomic E-state index is 0.469. The van der Waals surface area contributed by atoms with Gasteiger partial charge in [-0.1, -0.05) is 18.2 Å². The highest BCUT2D eigenvalue weighted by molar-refractivity contribution is 7.95. The first-order valence-corrected chi connectivity index (χ1v) is 6.95. The van der Waals surface area contributed by atoms with Gasteiger partial charge in [0.05, 0.1) is 11.1 Å². The molecule has 0 bridgehead atoms. The number of hydrogen-bond donors (Lipinski definition) is 0. The van der Waals surface area contributed by atoms with Gasteiger partial charge in [-0.2, -0.15) is 0 Å². The molecule has 1 heterocycles. The van der Waals surface area contributed by atoms with E-state index in [0.29, 0.717) is 13.1 Å². The molecule has 5 heteroatoms. The van der Waals surface area contributed by atoms with E-state index >= 15 is 0 Å². The maximum atomic E-state index is 12.0. The summed E-state index contributed by atoms with van der Waals surface area (Å²) in [7, 11) is 0.551. The predicted octanol–water partition coefficient (Wildman–Crippen LogP) is 1.37. The maximum Gasteiger partial charge on any atom is 0.257 e. The predicted molar refractivity (Wildman–Crippen MR) is 70.3 cm³/mol. The monoisotopic (exact) mass is 252 g/mol. The minimum atomic E-state index is -3.31. The molecule has 1 aliphatic heterocycles. The van der Waals surface area contributed by atoms with E-state index in [9.17, 15) is 8.42 Å². The highest BCUT2D eigenvalue weighted by Gasteiger charge is 2.24. The summed E-state index contributed by atoms with van der Waals surface area (Å²) >= 11 is 0. The molecule has 0 saturated heterocycles. The van der Waals surface area contributed by atoms with Crippen molar-refractivity contribution in [3.05, 3.63) is 35.2 Å². The fourth-order valence-electron chi connectivity index (χ4n) is 1.76. The zero-order valence-electron chi connectivity index (χ0n) is 10.00. The Balaban J connectivity index is 2.37. The second kappa shape index (κ2) is 4.50. The number of anilines is 1. The van der Waals surface area contributed by atoms with Gasteiger partial charge in [-0.3, -0.25) is 4.31 Å². The lowest BCUT2D eigenvalue weighted by atomic mass is 10.2. The summed E-state index contributed by atoms with van der Waals surface area (Å²) in [5, 5.41) is 1.27. The first-order valence-electron chi connectivity index (χ1n) is 5.45.